The molecule has 9 heteroatoms. The molecule has 178 valence electrons. The standard InChI is InChI=1S/C26H20Cl2N2O4S/c1-2-30-24(31)23(35-26(30)29-20-11-8-16(9-12-20)25(32)33)13-17-5-3-4-6-22(17)34-15-18-7-10-19(27)14-21(18)28/h3-14H,2,15H2,1H3,(H,32,33)/b23-13+,29-26?. The molecule has 0 bridgehead atoms. The number of benzene rings is 3. The number of carbonyl (C=O) groups excluding carboxylic acids is 1. The minimum atomic E-state index is -1.01. The summed E-state index contributed by atoms with van der Waals surface area (Å²) in [6.07, 6.45) is 1.78. The van der Waals surface area contributed by atoms with Gasteiger partial charge in [0.25, 0.3) is 5.91 Å². The first kappa shape index (κ1) is 24.9. The molecule has 0 radical (unpaired) electrons. The first-order chi connectivity index (χ1) is 16.9. The molecule has 0 aromatic heterocycles. The Balaban J connectivity index is 1.57. The Morgan fingerprint density at radius 1 is 1.11 bits per heavy atom. The summed E-state index contributed by atoms with van der Waals surface area (Å²) >= 11 is 13.5. The van der Waals surface area contributed by atoms with Gasteiger partial charge in [0, 0.05) is 27.7 Å². The molecule has 1 fully saturated rings. The van der Waals surface area contributed by atoms with Crippen LogP contribution < -0.4 is 4.74 Å². The molecule has 1 heterocycles. The van der Waals surface area contributed by atoms with Crippen molar-refractivity contribution in [1.82, 2.24) is 4.90 Å². The first-order valence-electron chi connectivity index (χ1n) is 10.6. The number of carbonyl (C=O) groups is 2. The molecular weight excluding hydrogens is 507 g/mol. The van der Waals surface area contributed by atoms with E-state index in [0.717, 1.165) is 11.1 Å². The zero-order valence-electron chi connectivity index (χ0n) is 18.6. The van der Waals surface area contributed by atoms with Gasteiger partial charge >= 0.3 is 5.97 Å². The van der Waals surface area contributed by atoms with Crippen LogP contribution in [0.5, 0.6) is 5.75 Å². The molecular formula is C26H20Cl2N2O4S. The number of para-hydroxylation sites is 1. The smallest absolute Gasteiger partial charge is 0.335 e. The van der Waals surface area contributed by atoms with E-state index in [-0.39, 0.29) is 18.1 Å². The van der Waals surface area contributed by atoms with Crippen LogP contribution in [0.25, 0.3) is 6.08 Å². The van der Waals surface area contributed by atoms with E-state index < -0.39 is 5.97 Å². The second kappa shape index (κ2) is 11.0. The van der Waals surface area contributed by atoms with Crippen LogP contribution in [0.2, 0.25) is 10.0 Å². The van der Waals surface area contributed by atoms with Crippen LogP contribution in [0.3, 0.4) is 0 Å². The van der Waals surface area contributed by atoms with Crippen molar-refractivity contribution in [3.05, 3.63) is 98.4 Å². The Labute approximate surface area is 216 Å². The maximum Gasteiger partial charge on any atom is 0.335 e. The van der Waals surface area contributed by atoms with Gasteiger partial charge in [0.1, 0.15) is 12.4 Å². The van der Waals surface area contributed by atoms with Gasteiger partial charge < -0.3 is 9.84 Å². The Morgan fingerprint density at radius 3 is 2.54 bits per heavy atom. The molecule has 1 N–H and O–H groups in total. The van der Waals surface area contributed by atoms with Gasteiger partial charge in [-0.25, -0.2) is 9.79 Å². The molecule has 0 spiro atoms. The Morgan fingerprint density at radius 2 is 1.86 bits per heavy atom. The number of likely N-dealkylation sites (N-methyl/N-ethyl adjacent to an activating group) is 1. The summed E-state index contributed by atoms with van der Waals surface area (Å²) in [6.45, 7) is 2.57. The summed E-state index contributed by atoms with van der Waals surface area (Å²) in [5, 5.41) is 10.7. The van der Waals surface area contributed by atoms with Gasteiger partial charge in [0.2, 0.25) is 0 Å². The van der Waals surface area contributed by atoms with Crippen LogP contribution in [-0.2, 0) is 11.4 Å². The van der Waals surface area contributed by atoms with E-state index in [9.17, 15) is 9.59 Å². The molecule has 4 rings (SSSR count). The molecule has 35 heavy (non-hydrogen) atoms. The van der Waals surface area contributed by atoms with Gasteiger partial charge in [0.05, 0.1) is 16.2 Å². The number of amides is 1. The summed E-state index contributed by atoms with van der Waals surface area (Å²) < 4.78 is 6.01. The zero-order valence-corrected chi connectivity index (χ0v) is 20.9. The van der Waals surface area contributed by atoms with Crippen LogP contribution in [0.1, 0.15) is 28.4 Å². The number of hydrogen-bond donors (Lipinski definition) is 1. The van der Waals surface area contributed by atoms with Crippen molar-refractivity contribution in [3.63, 3.8) is 0 Å². The number of carboxylic acids is 1. The van der Waals surface area contributed by atoms with Gasteiger partial charge in [-0.05, 0) is 67.2 Å². The fraction of sp³-hybridized carbons (Fsp3) is 0.115. The number of nitrogens with zero attached hydrogens (tertiary/aromatic N) is 2. The number of rotatable bonds is 7. The summed E-state index contributed by atoms with van der Waals surface area (Å²) in [7, 11) is 0. The molecule has 0 atom stereocenters. The lowest BCUT2D eigenvalue weighted by molar-refractivity contribution is -0.122. The predicted molar refractivity (Wildman–Crippen MR) is 141 cm³/mol. The fourth-order valence-corrected chi connectivity index (χ4v) is 4.84. The number of carboxylic acid groups (broad SMARTS) is 1. The molecule has 1 amide bonds. The first-order valence-corrected chi connectivity index (χ1v) is 12.2. The monoisotopic (exact) mass is 526 g/mol. The predicted octanol–water partition coefficient (Wildman–Crippen LogP) is 6.89. The number of amidine groups is 1. The van der Waals surface area contributed by atoms with E-state index in [1.807, 2.05) is 37.3 Å². The van der Waals surface area contributed by atoms with Gasteiger partial charge in [-0.2, -0.15) is 0 Å². The van der Waals surface area contributed by atoms with Crippen LogP contribution in [0.4, 0.5) is 5.69 Å². The van der Waals surface area contributed by atoms with Gasteiger partial charge in [0.15, 0.2) is 5.17 Å². The van der Waals surface area contributed by atoms with Crippen molar-refractivity contribution >= 4 is 63.8 Å². The molecule has 1 aliphatic heterocycles. The van der Waals surface area contributed by atoms with E-state index in [0.29, 0.717) is 38.1 Å². The third-order valence-electron chi connectivity index (χ3n) is 5.15. The number of thioether (sulfide) groups is 1. The normalized spacial score (nSPS) is 15.7. The highest BCUT2D eigenvalue weighted by Crippen LogP contribution is 2.35. The average molecular weight is 527 g/mol. The van der Waals surface area contributed by atoms with Crippen LogP contribution in [-0.4, -0.2) is 33.6 Å². The molecule has 3 aromatic rings. The van der Waals surface area contributed by atoms with Crippen LogP contribution >= 0.6 is 35.0 Å². The second-order valence-corrected chi connectivity index (χ2v) is 9.32. The SMILES string of the molecule is CCN1C(=O)/C(=C\c2ccccc2OCc2ccc(Cl)cc2Cl)SC1=Nc1ccc(C(=O)O)cc1. The van der Waals surface area contributed by atoms with Crippen molar-refractivity contribution in [2.45, 2.75) is 13.5 Å². The topological polar surface area (TPSA) is 79.2 Å². The van der Waals surface area contributed by atoms with E-state index >= 15 is 0 Å². The Kier molecular flexibility index (Phi) is 7.80. The number of aromatic carboxylic acids is 1. The van der Waals surface area contributed by atoms with E-state index in [2.05, 4.69) is 4.99 Å². The molecule has 1 aliphatic rings. The number of ether oxygens (including phenoxy) is 1. The minimum absolute atomic E-state index is 0.158. The highest BCUT2D eigenvalue weighted by atomic mass is 35.5. The molecule has 0 unspecified atom stereocenters. The number of aliphatic imine (C=N–C) groups is 1. The van der Waals surface area contributed by atoms with Crippen molar-refractivity contribution in [1.29, 1.82) is 0 Å². The van der Waals surface area contributed by atoms with Crippen LogP contribution in [0, 0.1) is 0 Å². The van der Waals surface area contributed by atoms with Crippen molar-refractivity contribution in [2.24, 2.45) is 4.99 Å². The molecule has 3 aromatic carbocycles. The Bertz CT molecular complexity index is 1340. The lowest BCUT2D eigenvalue weighted by Crippen LogP contribution is -2.28. The summed E-state index contributed by atoms with van der Waals surface area (Å²) in [6, 6.07) is 18.9. The third-order valence-corrected chi connectivity index (χ3v) is 6.74. The number of hydrogen-bond acceptors (Lipinski definition) is 5. The molecule has 0 saturated carbocycles. The highest BCUT2D eigenvalue weighted by molar-refractivity contribution is 8.18. The van der Waals surface area contributed by atoms with Gasteiger partial charge in [-0.3, -0.25) is 9.69 Å². The van der Waals surface area contributed by atoms with Crippen molar-refractivity contribution in [3.8, 4) is 5.75 Å². The van der Waals surface area contributed by atoms with Gasteiger partial charge in [-0.1, -0.05) is 47.5 Å². The zero-order chi connectivity index (χ0) is 24.9. The average Bonchev–Trinajstić information content (AvgIpc) is 3.13. The van der Waals surface area contributed by atoms with Gasteiger partial charge in [-0.15, -0.1) is 0 Å². The summed E-state index contributed by atoms with van der Waals surface area (Å²) in [5.41, 5.74) is 2.28. The highest BCUT2D eigenvalue weighted by Gasteiger charge is 2.32. The molecule has 0 aliphatic carbocycles. The lowest BCUT2D eigenvalue weighted by atomic mass is 10.1. The molecule has 1 saturated heterocycles. The Hall–Kier alpha value is -3.26. The maximum atomic E-state index is 13.1. The van der Waals surface area contributed by atoms with Crippen molar-refractivity contribution < 1.29 is 19.4 Å². The quantitative estimate of drug-likeness (QED) is 0.339. The minimum Gasteiger partial charge on any atom is -0.488 e. The van der Waals surface area contributed by atoms with Crippen molar-refractivity contribution in [2.75, 3.05) is 6.54 Å². The van der Waals surface area contributed by atoms with Crippen LogP contribution in [0.15, 0.2) is 76.6 Å². The largest absolute Gasteiger partial charge is 0.488 e. The summed E-state index contributed by atoms with van der Waals surface area (Å²) in [4.78, 5) is 30.8. The summed E-state index contributed by atoms with van der Waals surface area (Å²) in [5.74, 6) is -0.555. The third kappa shape index (κ3) is 5.88. The lowest BCUT2D eigenvalue weighted by Gasteiger charge is -2.12. The van der Waals surface area contributed by atoms with E-state index in [4.69, 9.17) is 33.0 Å². The maximum absolute atomic E-state index is 13.1. The second-order valence-electron chi connectivity index (χ2n) is 7.47. The van der Waals surface area contributed by atoms with E-state index in [1.54, 1.807) is 35.2 Å². The van der Waals surface area contributed by atoms with E-state index in [1.165, 1.54) is 23.9 Å². The molecule has 6 nitrogen and oxygen atoms in total. The number of halogens is 2. The fourth-order valence-electron chi connectivity index (χ4n) is 3.33.